The van der Waals surface area contributed by atoms with E-state index in [1.165, 1.54) is 25.3 Å². The molecule has 1 saturated heterocycles. The minimum atomic E-state index is -3.83. The molecule has 1 aromatic carbocycles. The number of benzene rings is 1. The lowest BCUT2D eigenvalue weighted by molar-refractivity contribution is -0.136. The molecule has 1 heterocycles. The van der Waals surface area contributed by atoms with Crippen molar-refractivity contribution in [3.05, 3.63) is 23.8 Å². The molecule has 1 unspecified atom stereocenters. The third kappa shape index (κ3) is 3.56. The van der Waals surface area contributed by atoms with E-state index in [1.807, 2.05) is 0 Å². The van der Waals surface area contributed by atoms with Crippen LogP contribution >= 0.6 is 0 Å². The number of alkyl halides is 1. The van der Waals surface area contributed by atoms with Gasteiger partial charge in [0, 0.05) is 18.7 Å². The molecule has 0 bridgehead atoms. The van der Waals surface area contributed by atoms with Crippen LogP contribution < -0.4 is 4.74 Å². The first-order chi connectivity index (χ1) is 10.3. The van der Waals surface area contributed by atoms with Crippen LogP contribution in [-0.4, -0.2) is 50.2 Å². The molecule has 8 heteroatoms. The molecule has 122 valence electrons. The van der Waals surface area contributed by atoms with Gasteiger partial charge in [-0.1, -0.05) is 0 Å². The summed E-state index contributed by atoms with van der Waals surface area (Å²) in [7, 11) is -2.45. The minimum Gasteiger partial charge on any atom is -0.496 e. The van der Waals surface area contributed by atoms with Crippen LogP contribution in [0.5, 0.6) is 5.75 Å². The van der Waals surface area contributed by atoms with Crippen LogP contribution in [0.15, 0.2) is 23.1 Å². The predicted molar refractivity (Wildman–Crippen MR) is 77.2 cm³/mol. The third-order valence-electron chi connectivity index (χ3n) is 3.56. The van der Waals surface area contributed by atoms with E-state index < -0.39 is 22.2 Å². The Morgan fingerprint density at radius 2 is 2.23 bits per heavy atom. The molecule has 0 aliphatic carbocycles. The molecule has 0 saturated carbocycles. The number of aliphatic carboxylic acids is 1. The van der Waals surface area contributed by atoms with Crippen molar-refractivity contribution < 1.29 is 27.4 Å². The zero-order valence-electron chi connectivity index (χ0n) is 12.2. The molecule has 1 fully saturated rings. The molecule has 0 spiro atoms. The van der Waals surface area contributed by atoms with Crippen LogP contribution in [0.3, 0.4) is 0 Å². The number of halogens is 1. The molecule has 1 aliphatic heterocycles. The second kappa shape index (κ2) is 6.62. The lowest BCUT2D eigenvalue weighted by Crippen LogP contribution is -2.40. The van der Waals surface area contributed by atoms with Gasteiger partial charge in [0.1, 0.15) is 11.9 Å². The van der Waals surface area contributed by atoms with E-state index in [4.69, 9.17) is 9.84 Å². The maximum absolute atomic E-state index is 13.4. The van der Waals surface area contributed by atoms with Crippen molar-refractivity contribution in [3.63, 3.8) is 0 Å². The predicted octanol–water partition coefficient (Wildman–Crippen LogP) is 1.44. The van der Waals surface area contributed by atoms with E-state index in [0.29, 0.717) is 18.6 Å². The molecular weight excluding hydrogens is 313 g/mol. The maximum atomic E-state index is 13.4. The summed E-state index contributed by atoms with van der Waals surface area (Å²) in [4.78, 5) is 10.8. The number of carboxylic acid groups (broad SMARTS) is 1. The smallest absolute Gasteiger partial charge is 0.307 e. The molecule has 1 N–H and O–H groups in total. The Labute approximate surface area is 128 Å². The second-order valence-electron chi connectivity index (χ2n) is 5.15. The molecule has 1 aliphatic rings. The Hall–Kier alpha value is -1.67. The quantitative estimate of drug-likeness (QED) is 0.883. The summed E-state index contributed by atoms with van der Waals surface area (Å²) in [5, 5.41) is 8.90. The zero-order valence-corrected chi connectivity index (χ0v) is 13.0. The number of piperidine rings is 1. The van der Waals surface area contributed by atoms with Gasteiger partial charge in [0.15, 0.2) is 0 Å². The number of rotatable bonds is 5. The third-order valence-corrected chi connectivity index (χ3v) is 5.42. The molecular formula is C14H18FNO5S. The zero-order chi connectivity index (χ0) is 16.3. The number of hydrogen-bond acceptors (Lipinski definition) is 4. The Kier molecular flexibility index (Phi) is 5.02. The van der Waals surface area contributed by atoms with E-state index >= 15 is 0 Å². The number of carboxylic acids is 1. The second-order valence-corrected chi connectivity index (χ2v) is 7.08. The van der Waals surface area contributed by atoms with Crippen molar-refractivity contribution in [2.75, 3.05) is 20.2 Å². The first-order valence-corrected chi connectivity index (χ1v) is 8.31. The molecule has 1 aromatic rings. The van der Waals surface area contributed by atoms with Crippen LogP contribution in [0.4, 0.5) is 4.39 Å². The molecule has 6 nitrogen and oxygen atoms in total. The normalized spacial score (nSPS) is 19.8. The summed E-state index contributed by atoms with van der Waals surface area (Å²) >= 11 is 0. The van der Waals surface area contributed by atoms with Crippen LogP contribution in [0.1, 0.15) is 18.4 Å². The van der Waals surface area contributed by atoms with Gasteiger partial charge < -0.3 is 9.84 Å². The SMILES string of the molecule is COc1ccc(S(=O)(=O)N2CCCC(F)C2)cc1CC(=O)O. The van der Waals surface area contributed by atoms with Crippen molar-refractivity contribution in [1.29, 1.82) is 0 Å². The topological polar surface area (TPSA) is 83.9 Å². The van der Waals surface area contributed by atoms with Crippen LogP contribution in [-0.2, 0) is 21.2 Å². The molecule has 0 amide bonds. The van der Waals surface area contributed by atoms with Gasteiger partial charge in [0.25, 0.3) is 0 Å². The van der Waals surface area contributed by atoms with Crippen molar-refractivity contribution >= 4 is 16.0 Å². The molecule has 0 aromatic heterocycles. The van der Waals surface area contributed by atoms with E-state index in [9.17, 15) is 17.6 Å². The number of hydrogen-bond donors (Lipinski definition) is 1. The van der Waals surface area contributed by atoms with E-state index in [2.05, 4.69) is 0 Å². The highest BCUT2D eigenvalue weighted by molar-refractivity contribution is 7.89. The van der Waals surface area contributed by atoms with Gasteiger partial charge in [-0.05, 0) is 31.0 Å². The van der Waals surface area contributed by atoms with Gasteiger partial charge in [-0.2, -0.15) is 4.31 Å². The van der Waals surface area contributed by atoms with Gasteiger partial charge >= 0.3 is 5.97 Å². The molecule has 2 rings (SSSR count). The van der Waals surface area contributed by atoms with Crippen LogP contribution in [0, 0.1) is 0 Å². The number of carbonyl (C=O) groups is 1. The van der Waals surface area contributed by atoms with Gasteiger partial charge in [-0.15, -0.1) is 0 Å². The lowest BCUT2D eigenvalue weighted by atomic mass is 10.1. The fourth-order valence-corrected chi connectivity index (χ4v) is 4.03. The fraction of sp³-hybridized carbons (Fsp3) is 0.500. The number of nitrogens with zero attached hydrogens (tertiary/aromatic N) is 1. The highest BCUT2D eigenvalue weighted by Gasteiger charge is 2.30. The number of ether oxygens (including phenoxy) is 1. The van der Waals surface area contributed by atoms with Gasteiger partial charge in [-0.25, -0.2) is 12.8 Å². The van der Waals surface area contributed by atoms with Gasteiger partial charge in [0.05, 0.1) is 18.4 Å². The lowest BCUT2D eigenvalue weighted by Gasteiger charge is -2.28. The highest BCUT2D eigenvalue weighted by Crippen LogP contribution is 2.27. The maximum Gasteiger partial charge on any atom is 0.307 e. The Morgan fingerprint density at radius 1 is 1.50 bits per heavy atom. The van der Waals surface area contributed by atoms with Crippen molar-refractivity contribution in [3.8, 4) is 5.75 Å². The molecule has 0 radical (unpaired) electrons. The van der Waals surface area contributed by atoms with Crippen molar-refractivity contribution in [2.45, 2.75) is 30.3 Å². The van der Waals surface area contributed by atoms with Crippen molar-refractivity contribution in [2.24, 2.45) is 0 Å². The number of sulfonamides is 1. The van der Waals surface area contributed by atoms with Crippen LogP contribution in [0.25, 0.3) is 0 Å². The summed E-state index contributed by atoms with van der Waals surface area (Å²) in [5.74, 6) is -0.780. The molecule has 1 atom stereocenters. The summed E-state index contributed by atoms with van der Waals surface area (Å²) in [6, 6.07) is 4.05. The summed E-state index contributed by atoms with van der Waals surface area (Å²) in [6.45, 7) is 0.103. The Balaban J connectivity index is 2.36. The van der Waals surface area contributed by atoms with Crippen LogP contribution in [0.2, 0.25) is 0 Å². The van der Waals surface area contributed by atoms with E-state index in [1.54, 1.807) is 0 Å². The summed E-state index contributed by atoms with van der Waals surface area (Å²) in [6.07, 6.45) is -0.685. The Bertz CT molecular complexity index is 661. The fourth-order valence-electron chi connectivity index (χ4n) is 2.48. The van der Waals surface area contributed by atoms with E-state index in [-0.39, 0.29) is 30.0 Å². The standard InChI is InChI=1S/C14H18FNO5S/c1-21-13-5-4-12(7-10(13)8-14(17)18)22(19,20)16-6-2-3-11(15)9-16/h4-5,7,11H,2-3,6,8-9H2,1H3,(H,17,18). The largest absolute Gasteiger partial charge is 0.496 e. The summed E-state index contributed by atoms with van der Waals surface area (Å²) < 4.78 is 44.7. The van der Waals surface area contributed by atoms with E-state index in [0.717, 1.165) is 4.31 Å². The minimum absolute atomic E-state index is 0.0429. The summed E-state index contributed by atoms with van der Waals surface area (Å²) in [5.41, 5.74) is 0.268. The van der Waals surface area contributed by atoms with Gasteiger partial charge in [-0.3, -0.25) is 4.79 Å². The van der Waals surface area contributed by atoms with Crippen molar-refractivity contribution in [1.82, 2.24) is 4.31 Å². The monoisotopic (exact) mass is 331 g/mol. The highest BCUT2D eigenvalue weighted by atomic mass is 32.2. The average molecular weight is 331 g/mol. The average Bonchev–Trinajstić information content (AvgIpc) is 2.46. The first kappa shape index (κ1) is 16.7. The molecule has 22 heavy (non-hydrogen) atoms. The Morgan fingerprint density at radius 3 is 2.82 bits per heavy atom. The van der Waals surface area contributed by atoms with Gasteiger partial charge in [0.2, 0.25) is 10.0 Å². The number of methoxy groups -OCH3 is 1. The first-order valence-electron chi connectivity index (χ1n) is 6.87.